The third-order valence-corrected chi connectivity index (χ3v) is 9.94. The van der Waals surface area contributed by atoms with E-state index in [9.17, 15) is 14.7 Å². The highest BCUT2D eigenvalue weighted by molar-refractivity contribution is 5.87. The van der Waals surface area contributed by atoms with Gasteiger partial charge < -0.3 is 25.0 Å². The summed E-state index contributed by atoms with van der Waals surface area (Å²) in [7, 11) is 5.56. The average Bonchev–Trinajstić information content (AvgIpc) is 3.30. The molecular formula is C37H56N4O4. The summed E-state index contributed by atoms with van der Waals surface area (Å²) in [5, 5.41) is 14.8. The van der Waals surface area contributed by atoms with Crippen molar-refractivity contribution in [1.82, 2.24) is 15.2 Å². The molecule has 45 heavy (non-hydrogen) atoms. The maximum Gasteiger partial charge on any atom is 0.326 e. The number of nitrogens with zero attached hydrogens (tertiary/aromatic N) is 3. The summed E-state index contributed by atoms with van der Waals surface area (Å²) in [6.07, 6.45) is 4.40. The lowest BCUT2D eigenvalue weighted by atomic mass is 9.72. The largest absolute Gasteiger partial charge is 0.496 e. The number of hydrogen-bond donors (Lipinski definition) is 2. The van der Waals surface area contributed by atoms with Gasteiger partial charge in [-0.15, -0.1) is 0 Å². The first kappa shape index (κ1) is 34.7. The molecule has 2 unspecified atom stereocenters. The lowest BCUT2D eigenvalue weighted by Crippen LogP contribution is -2.50. The minimum absolute atomic E-state index is 0.0485. The highest BCUT2D eigenvalue weighted by Crippen LogP contribution is 2.51. The zero-order chi connectivity index (χ0) is 33.4. The summed E-state index contributed by atoms with van der Waals surface area (Å²) in [4.78, 5) is 36.6. The van der Waals surface area contributed by atoms with Crippen LogP contribution >= 0.6 is 0 Å². The van der Waals surface area contributed by atoms with Crippen LogP contribution in [0.15, 0.2) is 36.5 Å². The van der Waals surface area contributed by atoms with Gasteiger partial charge in [-0.05, 0) is 59.6 Å². The molecule has 1 aliphatic carbocycles. The topological polar surface area (TPSA) is 95.0 Å². The molecule has 2 aliphatic rings. The van der Waals surface area contributed by atoms with E-state index in [2.05, 4.69) is 72.8 Å². The van der Waals surface area contributed by atoms with Gasteiger partial charge in [-0.2, -0.15) is 0 Å². The van der Waals surface area contributed by atoms with Crippen molar-refractivity contribution < 1.29 is 19.4 Å². The van der Waals surface area contributed by atoms with Gasteiger partial charge in [0.25, 0.3) is 0 Å². The van der Waals surface area contributed by atoms with Gasteiger partial charge in [0.1, 0.15) is 17.6 Å². The van der Waals surface area contributed by atoms with Gasteiger partial charge >= 0.3 is 5.97 Å². The third-order valence-electron chi connectivity index (χ3n) is 9.94. The number of carboxylic acids is 1. The number of aromatic nitrogens is 1. The van der Waals surface area contributed by atoms with Crippen LogP contribution in [0.1, 0.15) is 97.4 Å². The lowest BCUT2D eigenvalue weighted by Gasteiger charge is -2.38. The van der Waals surface area contributed by atoms with E-state index in [4.69, 9.17) is 9.72 Å². The first-order valence-electron chi connectivity index (χ1n) is 16.5. The predicted molar refractivity (Wildman–Crippen MR) is 181 cm³/mol. The number of ether oxygens (including phenoxy) is 1. The van der Waals surface area contributed by atoms with Crippen molar-refractivity contribution in [2.45, 2.75) is 105 Å². The number of carboxylic acid groups (broad SMARTS) is 1. The van der Waals surface area contributed by atoms with E-state index >= 15 is 0 Å². The van der Waals surface area contributed by atoms with E-state index in [0.29, 0.717) is 18.4 Å². The Bertz CT molecular complexity index is 1350. The summed E-state index contributed by atoms with van der Waals surface area (Å²) >= 11 is 0. The molecule has 4 rings (SSSR count). The predicted octanol–water partition coefficient (Wildman–Crippen LogP) is 6.68. The van der Waals surface area contributed by atoms with E-state index in [1.807, 2.05) is 37.2 Å². The van der Waals surface area contributed by atoms with E-state index in [-0.39, 0.29) is 29.2 Å². The Labute approximate surface area is 270 Å². The van der Waals surface area contributed by atoms with Crippen molar-refractivity contribution in [2.75, 3.05) is 26.1 Å². The molecule has 2 heterocycles. The molecule has 6 atom stereocenters. The molecule has 8 nitrogen and oxygen atoms in total. The summed E-state index contributed by atoms with van der Waals surface area (Å²) in [6, 6.07) is 8.31. The number of aliphatic carboxylic acids is 1. The highest BCUT2D eigenvalue weighted by Gasteiger charge is 2.59. The molecule has 0 radical (unpaired) electrons. The molecule has 0 spiro atoms. The highest BCUT2D eigenvalue weighted by atomic mass is 16.5. The van der Waals surface area contributed by atoms with Crippen LogP contribution in [-0.4, -0.2) is 60.2 Å². The summed E-state index contributed by atoms with van der Waals surface area (Å²) in [5.74, 6) is 0.742. The number of rotatable bonds is 8. The molecule has 1 saturated carbocycles. The third kappa shape index (κ3) is 7.32. The van der Waals surface area contributed by atoms with Crippen LogP contribution in [0.4, 0.5) is 5.82 Å². The molecule has 1 amide bonds. The fourth-order valence-electron chi connectivity index (χ4n) is 8.04. The fourth-order valence-corrected chi connectivity index (χ4v) is 8.04. The van der Waals surface area contributed by atoms with Crippen molar-refractivity contribution in [3.63, 3.8) is 0 Å². The van der Waals surface area contributed by atoms with Crippen LogP contribution in [0.3, 0.4) is 0 Å². The Morgan fingerprint density at radius 2 is 1.69 bits per heavy atom. The number of carbonyl (C=O) groups is 2. The maximum absolute atomic E-state index is 14.8. The standard InChI is InChI=1S/C37H56N4O4/c1-22-17-23(2)19-24(18-22)34(42)41-31(27-13-12-16-38-33(27)40(9)10)30(29(37(6,7)8)32(41)35(43)44)39-21-25-20-26(36(3,4)5)14-15-28(25)45-11/h12-16,20,22-24,29-32,39H,17-19,21H2,1-11H3,(H,43,44)/t22?,23?,24?,29-,30-,31-,32-/m0/s1. The van der Waals surface area contributed by atoms with Crippen molar-refractivity contribution >= 4 is 17.7 Å². The summed E-state index contributed by atoms with van der Waals surface area (Å²) < 4.78 is 5.79. The minimum Gasteiger partial charge on any atom is -0.496 e. The molecule has 2 fully saturated rings. The molecular weight excluding hydrogens is 564 g/mol. The normalized spacial score (nSPS) is 27.4. The second kappa shape index (κ2) is 13.3. The van der Waals surface area contributed by atoms with Crippen molar-refractivity contribution in [2.24, 2.45) is 29.1 Å². The number of benzene rings is 1. The van der Waals surface area contributed by atoms with Crippen LogP contribution in [0.25, 0.3) is 0 Å². The molecule has 1 aromatic heterocycles. The number of likely N-dealkylation sites (tertiary alicyclic amines) is 1. The van der Waals surface area contributed by atoms with Gasteiger partial charge in [-0.3, -0.25) is 4.79 Å². The fraction of sp³-hybridized carbons (Fsp3) is 0.649. The molecule has 2 N–H and O–H groups in total. The number of hydrogen-bond acceptors (Lipinski definition) is 6. The summed E-state index contributed by atoms with van der Waals surface area (Å²) in [6.45, 7) is 17.7. The Kier molecular flexibility index (Phi) is 10.3. The van der Waals surface area contributed by atoms with Crippen LogP contribution in [0.5, 0.6) is 5.75 Å². The number of amides is 1. The number of carbonyl (C=O) groups excluding carboxylic acids is 1. The smallest absolute Gasteiger partial charge is 0.326 e. The lowest BCUT2D eigenvalue weighted by molar-refractivity contribution is -0.155. The van der Waals surface area contributed by atoms with Gasteiger partial charge in [0.15, 0.2) is 0 Å². The van der Waals surface area contributed by atoms with Crippen molar-refractivity contribution in [3.05, 3.63) is 53.2 Å². The van der Waals surface area contributed by atoms with Gasteiger partial charge in [0.2, 0.25) is 5.91 Å². The molecule has 248 valence electrons. The monoisotopic (exact) mass is 620 g/mol. The SMILES string of the molecule is COc1ccc(C(C)(C)C)cc1CN[C@H]1[C@H](C(C)(C)C)[C@@H](C(=O)O)N(C(=O)C2CC(C)CC(C)C2)[C@H]1c1cccnc1N(C)C. The first-order valence-corrected chi connectivity index (χ1v) is 16.5. The second-order valence-corrected chi connectivity index (χ2v) is 16.0. The van der Waals surface area contributed by atoms with Crippen molar-refractivity contribution in [1.29, 1.82) is 0 Å². The van der Waals surface area contributed by atoms with Gasteiger partial charge in [0.05, 0.1) is 13.2 Å². The van der Waals surface area contributed by atoms with Crippen LogP contribution < -0.4 is 15.0 Å². The molecule has 1 aromatic carbocycles. The van der Waals surface area contributed by atoms with Crippen LogP contribution in [-0.2, 0) is 21.5 Å². The Balaban J connectivity index is 1.90. The molecule has 8 heteroatoms. The molecule has 1 aliphatic heterocycles. The number of anilines is 1. The van der Waals surface area contributed by atoms with E-state index in [1.54, 1.807) is 18.2 Å². The number of nitrogens with one attached hydrogen (secondary N) is 1. The number of methoxy groups -OCH3 is 1. The van der Waals surface area contributed by atoms with E-state index < -0.39 is 23.5 Å². The molecule has 2 aromatic rings. The van der Waals surface area contributed by atoms with Crippen LogP contribution in [0, 0.1) is 29.1 Å². The summed E-state index contributed by atoms with van der Waals surface area (Å²) in [5.41, 5.74) is 2.57. The van der Waals surface area contributed by atoms with E-state index in [1.165, 1.54) is 5.56 Å². The zero-order valence-corrected chi connectivity index (χ0v) is 29.3. The minimum atomic E-state index is -0.995. The van der Waals surface area contributed by atoms with Gasteiger partial charge in [0, 0.05) is 55.8 Å². The first-order chi connectivity index (χ1) is 20.9. The Morgan fingerprint density at radius 1 is 1.04 bits per heavy atom. The van der Waals surface area contributed by atoms with Gasteiger partial charge in [-0.1, -0.05) is 73.6 Å². The molecule has 0 bridgehead atoms. The Hall–Kier alpha value is -3.13. The zero-order valence-electron chi connectivity index (χ0n) is 29.3. The maximum atomic E-state index is 14.8. The Morgan fingerprint density at radius 3 is 2.22 bits per heavy atom. The average molecular weight is 621 g/mol. The van der Waals surface area contributed by atoms with Crippen molar-refractivity contribution in [3.8, 4) is 5.75 Å². The van der Waals surface area contributed by atoms with E-state index in [0.717, 1.165) is 42.0 Å². The second-order valence-electron chi connectivity index (χ2n) is 16.0. The van der Waals surface area contributed by atoms with Gasteiger partial charge in [-0.25, -0.2) is 9.78 Å². The quantitative estimate of drug-likeness (QED) is 0.340. The molecule has 1 saturated heterocycles. The van der Waals surface area contributed by atoms with Crippen LogP contribution in [0.2, 0.25) is 0 Å². The number of pyridine rings is 1.